The van der Waals surface area contributed by atoms with Gasteiger partial charge in [-0.25, -0.2) is 4.98 Å². The largest absolute Gasteiger partial charge is 0.399 e. The van der Waals surface area contributed by atoms with Crippen molar-refractivity contribution in [2.24, 2.45) is 0 Å². The zero-order valence-corrected chi connectivity index (χ0v) is 16.1. The van der Waals surface area contributed by atoms with Crippen LogP contribution in [-0.2, 0) is 19.5 Å². The molecule has 0 saturated carbocycles. The Bertz CT molecular complexity index is 1010. The Morgan fingerprint density at radius 3 is 2.74 bits per heavy atom. The molecule has 2 heterocycles. The highest BCUT2D eigenvalue weighted by molar-refractivity contribution is 7.98. The Morgan fingerprint density at radius 2 is 1.96 bits per heavy atom. The van der Waals surface area contributed by atoms with Gasteiger partial charge in [-0.1, -0.05) is 18.2 Å². The lowest BCUT2D eigenvalue weighted by Crippen LogP contribution is -2.35. The van der Waals surface area contributed by atoms with Gasteiger partial charge in [-0.15, -0.1) is 11.8 Å². The van der Waals surface area contributed by atoms with Crippen molar-refractivity contribution >= 4 is 17.4 Å². The minimum atomic E-state index is -0.0466. The van der Waals surface area contributed by atoms with Crippen molar-refractivity contribution in [2.45, 2.75) is 24.4 Å². The maximum absolute atomic E-state index is 12.7. The number of aromatic nitrogens is 2. The van der Waals surface area contributed by atoms with Crippen LogP contribution in [0.5, 0.6) is 0 Å². The van der Waals surface area contributed by atoms with E-state index < -0.39 is 0 Å². The molecule has 5 nitrogen and oxygen atoms in total. The van der Waals surface area contributed by atoms with Gasteiger partial charge in [0.1, 0.15) is 5.82 Å². The van der Waals surface area contributed by atoms with Crippen molar-refractivity contribution in [1.29, 1.82) is 0 Å². The number of rotatable bonds is 4. The summed E-state index contributed by atoms with van der Waals surface area (Å²) < 4.78 is 0. The average molecular weight is 379 g/mol. The molecule has 3 aromatic rings. The van der Waals surface area contributed by atoms with Gasteiger partial charge in [-0.2, -0.15) is 0 Å². The third-order valence-corrected chi connectivity index (χ3v) is 5.76. The smallest absolute Gasteiger partial charge is 0.255 e. The second-order valence-electron chi connectivity index (χ2n) is 6.73. The molecule has 1 aliphatic heterocycles. The molecule has 0 amide bonds. The Labute approximate surface area is 162 Å². The third-order valence-electron chi connectivity index (χ3n) is 4.92. The van der Waals surface area contributed by atoms with Gasteiger partial charge in [-0.3, -0.25) is 9.69 Å². The quantitative estimate of drug-likeness (QED) is 0.538. The number of hydrogen-bond acceptors (Lipinski definition) is 5. The first-order valence-electron chi connectivity index (χ1n) is 8.96. The Morgan fingerprint density at radius 1 is 1.19 bits per heavy atom. The number of fused-ring (bicyclic) bond motifs is 1. The fourth-order valence-electron chi connectivity index (χ4n) is 3.47. The molecule has 0 bridgehead atoms. The van der Waals surface area contributed by atoms with E-state index in [1.165, 1.54) is 10.5 Å². The van der Waals surface area contributed by atoms with E-state index in [1.54, 1.807) is 11.8 Å². The van der Waals surface area contributed by atoms with Crippen molar-refractivity contribution in [3.63, 3.8) is 0 Å². The number of thioether (sulfide) groups is 1. The molecule has 0 saturated heterocycles. The van der Waals surface area contributed by atoms with Gasteiger partial charge < -0.3 is 10.7 Å². The van der Waals surface area contributed by atoms with E-state index in [9.17, 15) is 4.79 Å². The maximum atomic E-state index is 12.7. The topological polar surface area (TPSA) is 75.0 Å². The SMILES string of the molecule is CSc1ccccc1CN1CCc2nc(-c3ccc(N)cc3)[nH]c(=O)c2C1. The minimum Gasteiger partial charge on any atom is -0.399 e. The van der Waals surface area contributed by atoms with Crippen LogP contribution in [0.3, 0.4) is 0 Å². The third kappa shape index (κ3) is 3.77. The fourth-order valence-corrected chi connectivity index (χ4v) is 4.08. The molecular formula is C21H22N4OS. The summed E-state index contributed by atoms with van der Waals surface area (Å²) >= 11 is 1.76. The highest BCUT2D eigenvalue weighted by Crippen LogP contribution is 2.24. The summed E-state index contributed by atoms with van der Waals surface area (Å²) in [6.07, 6.45) is 2.88. The van der Waals surface area contributed by atoms with Crippen LogP contribution in [0.4, 0.5) is 5.69 Å². The zero-order chi connectivity index (χ0) is 18.8. The van der Waals surface area contributed by atoms with E-state index in [1.807, 2.05) is 24.3 Å². The number of H-pyrrole nitrogens is 1. The fraction of sp³-hybridized carbons (Fsp3) is 0.238. The van der Waals surface area contributed by atoms with Crippen LogP contribution in [-0.4, -0.2) is 27.7 Å². The first kappa shape index (κ1) is 17.8. The van der Waals surface area contributed by atoms with E-state index in [0.717, 1.165) is 36.3 Å². The molecule has 3 N–H and O–H groups in total. The molecule has 0 spiro atoms. The second-order valence-corrected chi connectivity index (χ2v) is 7.58. The van der Waals surface area contributed by atoms with Gasteiger partial charge >= 0.3 is 0 Å². The molecule has 1 aromatic heterocycles. The van der Waals surface area contributed by atoms with Crippen LogP contribution in [0.1, 0.15) is 16.8 Å². The van der Waals surface area contributed by atoms with E-state index in [2.05, 4.69) is 40.4 Å². The van der Waals surface area contributed by atoms with Crippen molar-refractivity contribution in [3.8, 4) is 11.4 Å². The van der Waals surface area contributed by atoms with E-state index >= 15 is 0 Å². The summed E-state index contributed by atoms with van der Waals surface area (Å²) in [4.78, 5) is 24.0. The highest BCUT2D eigenvalue weighted by atomic mass is 32.2. The summed E-state index contributed by atoms with van der Waals surface area (Å²) in [6, 6.07) is 15.8. The molecule has 138 valence electrons. The molecular weight excluding hydrogens is 356 g/mol. The van der Waals surface area contributed by atoms with Crippen molar-refractivity contribution in [3.05, 3.63) is 75.7 Å². The maximum Gasteiger partial charge on any atom is 0.255 e. The molecule has 0 fully saturated rings. The molecule has 1 aliphatic rings. The highest BCUT2D eigenvalue weighted by Gasteiger charge is 2.22. The normalized spacial score (nSPS) is 14.1. The van der Waals surface area contributed by atoms with Crippen LogP contribution in [0.2, 0.25) is 0 Å². The Hall–Kier alpha value is -2.57. The number of nitrogens with zero attached hydrogens (tertiary/aromatic N) is 2. The number of aromatic amines is 1. The molecule has 0 radical (unpaired) electrons. The number of nitrogens with one attached hydrogen (secondary N) is 1. The lowest BCUT2D eigenvalue weighted by atomic mass is 10.1. The van der Waals surface area contributed by atoms with Gasteiger partial charge in [0.2, 0.25) is 0 Å². The molecule has 27 heavy (non-hydrogen) atoms. The first-order valence-corrected chi connectivity index (χ1v) is 10.2. The van der Waals surface area contributed by atoms with Gasteiger partial charge in [0.15, 0.2) is 0 Å². The summed E-state index contributed by atoms with van der Waals surface area (Å²) in [6.45, 7) is 2.37. The minimum absolute atomic E-state index is 0.0466. The van der Waals surface area contributed by atoms with Gasteiger partial charge in [0.05, 0.1) is 11.3 Å². The van der Waals surface area contributed by atoms with Crippen LogP contribution in [0.25, 0.3) is 11.4 Å². The van der Waals surface area contributed by atoms with E-state index in [4.69, 9.17) is 10.7 Å². The van der Waals surface area contributed by atoms with Crippen LogP contribution < -0.4 is 11.3 Å². The Balaban J connectivity index is 1.58. The molecule has 6 heteroatoms. The summed E-state index contributed by atoms with van der Waals surface area (Å²) in [5.41, 5.74) is 10.3. The van der Waals surface area contributed by atoms with Crippen molar-refractivity contribution in [1.82, 2.24) is 14.9 Å². The van der Waals surface area contributed by atoms with Crippen LogP contribution in [0.15, 0.2) is 58.2 Å². The van der Waals surface area contributed by atoms with Crippen LogP contribution in [0, 0.1) is 0 Å². The summed E-state index contributed by atoms with van der Waals surface area (Å²) in [7, 11) is 0. The number of anilines is 1. The predicted molar refractivity (Wildman–Crippen MR) is 111 cm³/mol. The second kappa shape index (κ2) is 7.58. The van der Waals surface area contributed by atoms with Gasteiger partial charge in [-0.05, 0) is 42.2 Å². The monoisotopic (exact) mass is 378 g/mol. The molecule has 2 aromatic carbocycles. The van der Waals surface area contributed by atoms with Gasteiger partial charge in [0.25, 0.3) is 5.56 Å². The summed E-state index contributed by atoms with van der Waals surface area (Å²) in [5.74, 6) is 0.611. The molecule has 0 atom stereocenters. The molecule has 0 unspecified atom stereocenters. The Kier molecular flexibility index (Phi) is 5.01. The lowest BCUT2D eigenvalue weighted by molar-refractivity contribution is 0.240. The van der Waals surface area contributed by atoms with Crippen LogP contribution >= 0.6 is 11.8 Å². The first-order chi connectivity index (χ1) is 13.1. The number of nitrogens with two attached hydrogens (primary N) is 1. The zero-order valence-electron chi connectivity index (χ0n) is 15.2. The molecule has 0 aliphatic carbocycles. The lowest BCUT2D eigenvalue weighted by Gasteiger charge is -2.28. The van der Waals surface area contributed by atoms with Gasteiger partial charge in [0, 0.05) is 42.2 Å². The van der Waals surface area contributed by atoms with Crippen molar-refractivity contribution in [2.75, 3.05) is 18.5 Å². The molecule has 4 rings (SSSR count). The predicted octanol–water partition coefficient (Wildman–Crippen LogP) is 3.30. The average Bonchev–Trinajstić information content (AvgIpc) is 2.69. The van der Waals surface area contributed by atoms with E-state index in [0.29, 0.717) is 18.1 Å². The number of benzene rings is 2. The standard InChI is InChI=1S/C21H22N4OS/c1-27-19-5-3-2-4-15(19)12-25-11-10-18-17(13-25)21(26)24-20(23-18)14-6-8-16(22)9-7-14/h2-9H,10-13,22H2,1H3,(H,23,24,26). The van der Waals surface area contributed by atoms with E-state index in [-0.39, 0.29) is 5.56 Å². The number of hydrogen-bond donors (Lipinski definition) is 2. The summed E-state index contributed by atoms with van der Waals surface area (Å²) in [5, 5.41) is 0. The number of nitrogen functional groups attached to an aromatic ring is 1. The van der Waals surface area contributed by atoms with Crippen molar-refractivity contribution < 1.29 is 0 Å².